The molecular formula is C12H15O2. The van der Waals surface area contributed by atoms with E-state index in [2.05, 4.69) is 13.0 Å². The topological polar surface area (TPSA) is 26.3 Å². The quantitative estimate of drug-likeness (QED) is 0.406. The minimum atomic E-state index is -0.166. The van der Waals surface area contributed by atoms with Crippen LogP contribution in [0.5, 0.6) is 5.75 Å². The Labute approximate surface area is 84.9 Å². The number of para-hydroxylation sites is 1. The second-order valence-electron chi connectivity index (χ2n) is 3.16. The lowest BCUT2D eigenvalue weighted by atomic mass is 10.2. The van der Waals surface area contributed by atoms with Crippen molar-refractivity contribution in [2.24, 2.45) is 0 Å². The van der Waals surface area contributed by atoms with Gasteiger partial charge in [0.2, 0.25) is 0 Å². The molecule has 2 nitrogen and oxygen atoms in total. The van der Waals surface area contributed by atoms with Crippen LogP contribution in [-0.2, 0) is 4.79 Å². The SMILES string of the molecule is CCCCCC(=O)Oc1[c]cccc1. The minimum absolute atomic E-state index is 0.166. The Morgan fingerprint density at radius 3 is 2.93 bits per heavy atom. The van der Waals surface area contributed by atoms with Crippen LogP contribution in [0, 0.1) is 6.07 Å². The summed E-state index contributed by atoms with van der Waals surface area (Å²) in [6.45, 7) is 2.11. The summed E-state index contributed by atoms with van der Waals surface area (Å²) in [5.74, 6) is 0.342. The fourth-order valence-corrected chi connectivity index (χ4v) is 1.13. The molecule has 0 saturated heterocycles. The van der Waals surface area contributed by atoms with Gasteiger partial charge in [0.1, 0.15) is 5.75 Å². The van der Waals surface area contributed by atoms with Crippen molar-refractivity contribution in [1.82, 2.24) is 0 Å². The number of hydrogen-bond acceptors (Lipinski definition) is 2. The van der Waals surface area contributed by atoms with Gasteiger partial charge in [0.15, 0.2) is 0 Å². The summed E-state index contributed by atoms with van der Waals surface area (Å²) < 4.78 is 5.07. The maximum atomic E-state index is 11.2. The third-order valence-electron chi connectivity index (χ3n) is 1.89. The van der Waals surface area contributed by atoms with Crippen LogP contribution in [0.25, 0.3) is 0 Å². The molecule has 0 fully saturated rings. The number of carbonyl (C=O) groups is 1. The van der Waals surface area contributed by atoms with E-state index >= 15 is 0 Å². The average molecular weight is 191 g/mol. The number of rotatable bonds is 5. The lowest BCUT2D eigenvalue weighted by Crippen LogP contribution is -2.07. The summed E-state index contributed by atoms with van der Waals surface area (Å²) in [5, 5.41) is 0. The zero-order chi connectivity index (χ0) is 10.2. The molecule has 0 heterocycles. The second-order valence-corrected chi connectivity index (χ2v) is 3.16. The molecule has 1 aromatic rings. The lowest BCUT2D eigenvalue weighted by molar-refractivity contribution is -0.134. The first-order valence-electron chi connectivity index (χ1n) is 5.00. The van der Waals surface area contributed by atoms with Crippen LogP contribution in [-0.4, -0.2) is 5.97 Å². The van der Waals surface area contributed by atoms with E-state index in [1.807, 2.05) is 12.1 Å². The van der Waals surface area contributed by atoms with Gasteiger partial charge in [-0.25, -0.2) is 0 Å². The van der Waals surface area contributed by atoms with Crippen LogP contribution in [0.3, 0.4) is 0 Å². The maximum absolute atomic E-state index is 11.2. The lowest BCUT2D eigenvalue weighted by Gasteiger charge is -2.02. The molecule has 0 saturated carbocycles. The summed E-state index contributed by atoms with van der Waals surface area (Å²) >= 11 is 0. The van der Waals surface area contributed by atoms with Gasteiger partial charge < -0.3 is 4.74 Å². The van der Waals surface area contributed by atoms with Crippen LogP contribution in [0.4, 0.5) is 0 Å². The summed E-state index contributed by atoms with van der Waals surface area (Å²) in [5.41, 5.74) is 0. The zero-order valence-corrected chi connectivity index (χ0v) is 8.45. The van der Waals surface area contributed by atoms with Gasteiger partial charge in [-0.2, -0.15) is 0 Å². The molecular weight excluding hydrogens is 176 g/mol. The first kappa shape index (κ1) is 10.8. The predicted octanol–water partition coefficient (Wildman–Crippen LogP) is 2.97. The summed E-state index contributed by atoms with van der Waals surface area (Å²) in [7, 11) is 0. The van der Waals surface area contributed by atoms with Gasteiger partial charge in [0.05, 0.1) is 0 Å². The molecule has 0 aliphatic rings. The van der Waals surface area contributed by atoms with Crippen molar-refractivity contribution in [3.63, 3.8) is 0 Å². The molecule has 75 valence electrons. The van der Waals surface area contributed by atoms with Gasteiger partial charge in [0.25, 0.3) is 0 Å². The van der Waals surface area contributed by atoms with Crippen molar-refractivity contribution in [1.29, 1.82) is 0 Å². The molecule has 0 aliphatic carbocycles. The van der Waals surface area contributed by atoms with Gasteiger partial charge in [-0.3, -0.25) is 4.79 Å². The van der Waals surface area contributed by atoms with Crippen molar-refractivity contribution < 1.29 is 9.53 Å². The van der Waals surface area contributed by atoms with E-state index in [1.54, 1.807) is 12.1 Å². The zero-order valence-electron chi connectivity index (χ0n) is 8.45. The number of esters is 1. The van der Waals surface area contributed by atoms with Crippen LogP contribution in [0.2, 0.25) is 0 Å². The molecule has 2 heteroatoms. The van der Waals surface area contributed by atoms with Crippen molar-refractivity contribution in [2.45, 2.75) is 32.6 Å². The monoisotopic (exact) mass is 191 g/mol. The van der Waals surface area contributed by atoms with E-state index in [9.17, 15) is 4.79 Å². The fraction of sp³-hybridized carbons (Fsp3) is 0.417. The van der Waals surface area contributed by atoms with Crippen LogP contribution >= 0.6 is 0 Å². The molecule has 1 radical (unpaired) electrons. The number of benzene rings is 1. The molecule has 0 amide bonds. The van der Waals surface area contributed by atoms with Gasteiger partial charge in [-0.15, -0.1) is 0 Å². The van der Waals surface area contributed by atoms with E-state index in [-0.39, 0.29) is 5.97 Å². The van der Waals surface area contributed by atoms with E-state index in [0.29, 0.717) is 12.2 Å². The number of hydrogen-bond donors (Lipinski definition) is 0. The minimum Gasteiger partial charge on any atom is -0.426 e. The van der Waals surface area contributed by atoms with Crippen LogP contribution in [0.1, 0.15) is 32.6 Å². The van der Waals surface area contributed by atoms with Gasteiger partial charge in [0, 0.05) is 12.5 Å². The molecule has 0 N–H and O–H groups in total. The third kappa shape index (κ3) is 4.08. The maximum Gasteiger partial charge on any atom is 0.311 e. The number of carbonyl (C=O) groups excluding carboxylic acids is 1. The smallest absolute Gasteiger partial charge is 0.311 e. The van der Waals surface area contributed by atoms with Crippen LogP contribution < -0.4 is 4.74 Å². The Balaban J connectivity index is 2.27. The Bertz CT molecular complexity index is 267. The van der Waals surface area contributed by atoms with Gasteiger partial charge in [-0.1, -0.05) is 38.0 Å². The Morgan fingerprint density at radius 1 is 1.43 bits per heavy atom. The molecule has 0 aliphatic heterocycles. The highest BCUT2D eigenvalue weighted by Crippen LogP contribution is 2.09. The van der Waals surface area contributed by atoms with Crippen molar-refractivity contribution >= 4 is 5.97 Å². The molecule has 14 heavy (non-hydrogen) atoms. The first-order valence-corrected chi connectivity index (χ1v) is 5.00. The first-order chi connectivity index (χ1) is 6.83. The Hall–Kier alpha value is -1.31. The van der Waals surface area contributed by atoms with Crippen molar-refractivity contribution in [2.75, 3.05) is 0 Å². The van der Waals surface area contributed by atoms with Crippen LogP contribution in [0.15, 0.2) is 24.3 Å². The molecule has 1 rings (SSSR count). The van der Waals surface area contributed by atoms with E-state index in [1.165, 1.54) is 0 Å². The molecule has 0 bridgehead atoms. The van der Waals surface area contributed by atoms with E-state index in [0.717, 1.165) is 19.3 Å². The normalized spacial score (nSPS) is 9.79. The summed E-state index contributed by atoms with van der Waals surface area (Å²) in [6, 6.07) is 9.98. The highest BCUT2D eigenvalue weighted by Gasteiger charge is 2.03. The number of unbranched alkanes of at least 4 members (excludes halogenated alkanes) is 2. The average Bonchev–Trinajstić information content (AvgIpc) is 2.20. The molecule has 1 aromatic carbocycles. The Kier molecular flexibility index (Phi) is 4.76. The standard InChI is InChI=1S/C12H15O2/c1-2-3-5-10-12(13)14-11-8-6-4-7-9-11/h4,6-8H,2-3,5,10H2,1H3. The van der Waals surface area contributed by atoms with Crippen molar-refractivity contribution in [3.05, 3.63) is 30.3 Å². The Morgan fingerprint density at radius 2 is 2.29 bits per heavy atom. The molecule has 0 atom stereocenters. The molecule has 0 spiro atoms. The van der Waals surface area contributed by atoms with E-state index < -0.39 is 0 Å². The fourth-order valence-electron chi connectivity index (χ4n) is 1.13. The second kappa shape index (κ2) is 6.19. The number of ether oxygens (including phenoxy) is 1. The van der Waals surface area contributed by atoms with Crippen molar-refractivity contribution in [3.8, 4) is 5.75 Å². The summed E-state index contributed by atoms with van der Waals surface area (Å²) in [4.78, 5) is 11.2. The highest BCUT2D eigenvalue weighted by molar-refractivity contribution is 5.72. The van der Waals surface area contributed by atoms with E-state index in [4.69, 9.17) is 4.74 Å². The van der Waals surface area contributed by atoms with Gasteiger partial charge >= 0.3 is 5.97 Å². The predicted molar refractivity (Wildman–Crippen MR) is 55.1 cm³/mol. The molecule has 0 aromatic heterocycles. The summed E-state index contributed by atoms with van der Waals surface area (Å²) in [6.07, 6.45) is 3.59. The highest BCUT2D eigenvalue weighted by atomic mass is 16.5. The molecule has 0 unspecified atom stereocenters. The van der Waals surface area contributed by atoms with Gasteiger partial charge in [-0.05, 0) is 12.5 Å². The largest absolute Gasteiger partial charge is 0.426 e. The third-order valence-corrected chi connectivity index (χ3v) is 1.89.